The lowest BCUT2D eigenvalue weighted by atomic mass is 10.1. The Balaban J connectivity index is 0.00000272. The molecular formula is C23H38IN5O2. The zero-order valence-electron chi connectivity index (χ0n) is 18.9. The van der Waals surface area contributed by atoms with E-state index < -0.39 is 0 Å². The van der Waals surface area contributed by atoms with Gasteiger partial charge in [0.05, 0.1) is 19.8 Å². The molecule has 1 aliphatic carbocycles. The van der Waals surface area contributed by atoms with Crippen molar-refractivity contribution in [1.82, 2.24) is 20.4 Å². The van der Waals surface area contributed by atoms with Gasteiger partial charge in [0.15, 0.2) is 17.5 Å². The monoisotopic (exact) mass is 543 g/mol. The molecule has 8 heteroatoms. The Hall–Kier alpha value is -1.26. The van der Waals surface area contributed by atoms with Gasteiger partial charge in [-0.1, -0.05) is 12.1 Å². The lowest BCUT2D eigenvalue weighted by Crippen LogP contribution is -2.63. The number of para-hydroxylation sites is 1. The minimum Gasteiger partial charge on any atom is -0.493 e. The molecule has 1 unspecified atom stereocenters. The van der Waals surface area contributed by atoms with Crippen molar-refractivity contribution in [2.24, 2.45) is 4.99 Å². The van der Waals surface area contributed by atoms with Crippen LogP contribution >= 0.6 is 24.0 Å². The number of ether oxygens (including phenoxy) is 2. The lowest BCUT2D eigenvalue weighted by molar-refractivity contribution is 0.0154. The van der Waals surface area contributed by atoms with Crippen molar-refractivity contribution in [2.75, 3.05) is 52.9 Å². The molecule has 174 valence electrons. The number of fused-ring (bicyclic) bond motifs is 3. The number of hydrogen-bond acceptors (Lipinski definition) is 5. The maximum atomic E-state index is 6.36. The van der Waals surface area contributed by atoms with Crippen LogP contribution in [-0.4, -0.2) is 80.8 Å². The third kappa shape index (κ3) is 6.38. The molecule has 3 heterocycles. The summed E-state index contributed by atoms with van der Waals surface area (Å²) in [5, 5.41) is 6.96. The largest absolute Gasteiger partial charge is 0.493 e. The Morgan fingerprint density at radius 2 is 1.90 bits per heavy atom. The summed E-state index contributed by atoms with van der Waals surface area (Å²) in [6.07, 6.45) is 5.04. The number of nitrogens with one attached hydrogen (secondary N) is 2. The number of methoxy groups -OCH3 is 1. The SMILES string of the molecule is CCNC(=NCc1cccc(OC)c1OC1CCCC1)NCC1CN2CCN1CC2.I. The van der Waals surface area contributed by atoms with Gasteiger partial charge in [-0.2, -0.15) is 0 Å². The van der Waals surface area contributed by atoms with Gasteiger partial charge in [-0.15, -0.1) is 24.0 Å². The van der Waals surface area contributed by atoms with E-state index in [2.05, 4.69) is 33.4 Å². The second kappa shape index (κ2) is 12.1. The molecule has 7 nitrogen and oxygen atoms in total. The summed E-state index contributed by atoms with van der Waals surface area (Å²) in [6, 6.07) is 6.66. The predicted molar refractivity (Wildman–Crippen MR) is 136 cm³/mol. The molecule has 0 amide bonds. The van der Waals surface area contributed by atoms with Crippen molar-refractivity contribution in [3.63, 3.8) is 0 Å². The first-order valence-corrected chi connectivity index (χ1v) is 11.6. The average molecular weight is 543 g/mol. The van der Waals surface area contributed by atoms with E-state index in [1.807, 2.05) is 12.1 Å². The van der Waals surface area contributed by atoms with Crippen LogP contribution in [0.5, 0.6) is 11.5 Å². The highest BCUT2D eigenvalue weighted by atomic mass is 127. The normalized spacial score (nSPS) is 25.7. The molecule has 1 aromatic rings. The highest BCUT2D eigenvalue weighted by molar-refractivity contribution is 14.0. The first kappa shape index (κ1) is 24.4. The predicted octanol–water partition coefficient (Wildman–Crippen LogP) is 2.69. The van der Waals surface area contributed by atoms with E-state index in [1.54, 1.807) is 7.11 Å². The summed E-state index contributed by atoms with van der Waals surface area (Å²) < 4.78 is 12.0. The number of benzene rings is 1. The van der Waals surface area contributed by atoms with Gasteiger partial charge in [-0.05, 0) is 38.7 Å². The maximum absolute atomic E-state index is 6.36. The molecule has 0 radical (unpaired) electrons. The molecule has 0 aromatic heterocycles. The highest BCUT2D eigenvalue weighted by Gasteiger charge is 2.31. The standard InChI is InChI=1S/C23H37N5O2.HI/c1-3-24-23(26-16-19-17-27-11-13-28(19)14-12-27)25-15-18-7-6-10-21(29-2)22(18)30-20-8-4-5-9-20;/h6-7,10,19-20H,3-5,8-9,11-17H2,1-2H3,(H2,24,25,26);1H. The fraction of sp³-hybridized carbons (Fsp3) is 0.696. The van der Waals surface area contributed by atoms with Crippen molar-refractivity contribution >= 4 is 29.9 Å². The molecule has 1 aromatic carbocycles. The van der Waals surface area contributed by atoms with Crippen molar-refractivity contribution in [3.8, 4) is 11.5 Å². The van der Waals surface area contributed by atoms with Crippen molar-refractivity contribution < 1.29 is 9.47 Å². The molecule has 1 saturated carbocycles. The molecule has 3 aliphatic heterocycles. The molecule has 4 fully saturated rings. The topological polar surface area (TPSA) is 61.4 Å². The van der Waals surface area contributed by atoms with Gasteiger partial charge in [0.1, 0.15) is 0 Å². The fourth-order valence-electron chi connectivity index (χ4n) is 4.79. The summed E-state index contributed by atoms with van der Waals surface area (Å²) in [5.74, 6) is 2.52. The summed E-state index contributed by atoms with van der Waals surface area (Å²) in [7, 11) is 1.71. The van der Waals surface area contributed by atoms with E-state index in [1.165, 1.54) is 39.0 Å². The lowest BCUT2D eigenvalue weighted by Gasteiger charge is -2.47. The molecule has 2 N–H and O–H groups in total. The fourth-order valence-corrected chi connectivity index (χ4v) is 4.79. The van der Waals surface area contributed by atoms with Gasteiger partial charge < -0.3 is 20.1 Å². The molecule has 5 rings (SSSR count). The highest BCUT2D eigenvalue weighted by Crippen LogP contribution is 2.35. The molecular weight excluding hydrogens is 505 g/mol. The molecule has 4 aliphatic rings. The molecule has 31 heavy (non-hydrogen) atoms. The Bertz CT molecular complexity index is 718. The van der Waals surface area contributed by atoms with Crippen LogP contribution in [0, 0.1) is 0 Å². The van der Waals surface area contributed by atoms with E-state index in [-0.39, 0.29) is 24.0 Å². The van der Waals surface area contributed by atoms with E-state index >= 15 is 0 Å². The number of hydrogen-bond donors (Lipinski definition) is 2. The van der Waals surface area contributed by atoms with E-state index in [0.29, 0.717) is 18.7 Å². The Kier molecular flexibility index (Phi) is 9.52. The van der Waals surface area contributed by atoms with Gasteiger partial charge in [-0.3, -0.25) is 9.80 Å². The van der Waals surface area contributed by atoms with Gasteiger partial charge in [-0.25, -0.2) is 4.99 Å². The van der Waals surface area contributed by atoms with Gasteiger partial charge in [0, 0.05) is 57.4 Å². The number of aliphatic imine (C=N–C) groups is 1. The van der Waals surface area contributed by atoms with Crippen molar-refractivity contribution in [1.29, 1.82) is 0 Å². The molecule has 1 atom stereocenters. The van der Waals surface area contributed by atoms with E-state index in [0.717, 1.165) is 55.5 Å². The van der Waals surface area contributed by atoms with Crippen molar-refractivity contribution in [3.05, 3.63) is 23.8 Å². The van der Waals surface area contributed by atoms with Crippen LogP contribution < -0.4 is 20.1 Å². The first-order chi connectivity index (χ1) is 14.8. The Morgan fingerprint density at radius 3 is 2.55 bits per heavy atom. The number of guanidine groups is 1. The van der Waals surface area contributed by atoms with Gasteiger partial charge in [0.25, 0.3) is 0 Å². The maximum Gasteiger partial charge on any atom is 0.191 e. The summed E-state index contributed by atoms with van der Waals surface area (Å²) in [6.45, 7) is 10.4. The van der Waals surface area contributed by atoms with E-state index in [9.17, 15) is 0 Å². The second-order valence-corrected chi connectivity index (χ2v) is 8.54. The summed E-state index contributed by atoms with van der Waals surface area (Å²) >= 11 is 0. The van der Waals surface area contributed by atoms with Crippen LogP contribution in [0.15, 0.2) is 23.2 Å². The van der Waals surface area contributed by atoms with Gasteiger partial charge >= 0.3 is 0 Å². The Morgan fingerprint density at radius 1 is 1.13 bits per heavy atom. The zero-order chi connectivity index (χ0) is 20.8. The second-order valence-electron chi connectivity index (χ2n) is 8.54. The smallest absolute Gasteiger partial charge is 0.191 e. The van der Waals surface area contributed by atoms with E-state index in [4.69, 9.17) is 14.5 Å². The van der Waals surface area contributed by atoms with Crippen LogP contribution in [0.1, 0.15) is 38.2 Å². The molecule has 0 spiro atoms. The quantitative estimate of drug-likeness (QED) is 0.299. The number of rotatable bonds is 8. The van der Waals surface area contributed by atoms with Crippen molar-refractivity contribution in [2.45, 2.75) is 51.3 Å². The zero-order valence-corrected chi connectivity index (χ0v) is 21.3. The van der Waals surface area contributed by atoms with Gasteiger partial charge in [0.2, 0.25) is 0 Å². The minimum absolute atomic E-state index is 0. The number of piperazine rings is 3. The minimum atomic E-state index is 0. The molecule has 2 bridgehead atoms. The van der Waals surface area contributed by atoms with Crippen LogP contribution in [0.4, 0.5) is 0 Å². The van der Waals surface area contributed by atoms with Crippen LogP contribution in [0.3, 0.4) is 0 Å². The summed E-state index contributed by atoms with van der Waals surface area (Å²) in [4.78, 5) is 10.0. The third-order valence-corrected chi connectivity index (χ3v) is 6.52. The molecule has 3 saturated heterocycles. The number of halogens is 1. The third-order valence-electron chi connectivity index (χ3n) is 6.52. The van der Waals surface area contributed by atoms with Crippen LogP contribution in [0.2, 0.25) is 0 Å². The first-order valence-electron chi connectivity index (χ1n) is 11.6. The number of nitrogens with zero attached hydrogens (tertiary/aromatic N) is 3. The van der Waals surface area contributed by atoms with Crippen LogP contribution in [-0.2, 0) is 6.54 Å². The Labute approximate surface area is 204 Å². The average Bonchev–Trinajstić information content (AvgIpc) is 3.30. The summed E-state index contributed by atoms with van der Waals surface area (Å²) in [5.41, 5.74) is 1.07. The van der Waals surface area contributed by atoms with Crippen LogP contribution in [0.25, 0.3) is 0 Å².